The van der Waals surface area contributed by atoms with E-state index in [1.54, 1.807) is 26.8 Å². The number of nitrogens with zero attached hydrogens (tertiary/aromatic N) is 2. The smallest absolute Gasteiger partial charge is 0.410 e. The number of piperidine rings is 1. The van der Waals surface area contributed by atoms with Crippen LogP contribution in [-0.4, -0.2) is 88.2 Å². The van der Waals surface area contributed by atoms with Gasteiger partial charge in [-0.25, -0.2) is 9.18 Å². The number of aromatic amines is 1. The number of H-pyrrole nitrogens is 1. The number of aromatic hydroxyl groups is 1. The normalized spacial score (nSPS) is 18.2. The van der Waals surface area contributed by atoms with E-state index in [-0.39, 0.29) is 40.6 Å². The predicted octanol–water partition coefficient (Wildman–Crippen LogP) is 3.90. The first-order valence-electron chi connectivity index (χ1n) is 14.8. The van der Waals surface area contributed by atoms with Crippen LogP contribution in [0.2, 0.25) is 0 Å². The maximum absolute atomic E-state index is 14.7. The second kappa shape index (κ2) is 12.9. The van der Waals surface area contributed by atoms with E-state index in [9.17, 15) is 24.2 Å². The number of amides is 1. The molecule has 2 aromatic carbocycles. The van der Waals surface area contributed by atoms with Crippen LogP contribution in [0.5, 0.6) is 5.75 Å². The van der Waals surface area contributed by atoms with Gasteiger partial charge < -0.3 is 34.9 Å². The van der Waals surface area contributed by atoms with Crippen LogP contribution in [0.3, 0.4) is 0 Å². The number of hydrogen-bond acceptors (Lipinski definition) is 9. The molecule has 0 saturated carbocycles. The Hall–Kier alpha value is -3.03. The number of phenolic OH excluding ortho intramolecular Hbond substituents is 1. The second-order valence-corrected chi connectivity index (χ2v) is 13.5. The first kappa shape index (κ1) is 31.4. The zero-order chi connectivity index (χ0) is 30.8. The lowest BCUT2D eigenvalue weighted by molar-refractivity contribution is -0.100. The van der Waals surface area contributed by atoms with Crippen LogP contribution in [0.4, 0.5) is 9.18 Å². The summed E-state index contributed by atoms with van der Waals surface area (Å²) in [4.78, 5) is 31.1. The van der Waals surface area contributed by atoms with Gasteiger partial charge in [0.15, 0.2) is 0 Å². The van der Waals surface area contributed by atoms with E-state index >= 15 is 0 Å². The van der Waals surface area contributed by atoms with Crippen molar-refractivity contribution in [2.24, 2.45) is 0 Å². The van der Waals surface area contributed by atoms with Gasteiger partial charge in [-0.15, -0.1) is 0 Å². The molecule has 2 aliphatic heterocycles. The SMILES string of the molecule is CC(C)(C)OC(=O)N(CCc1cc(F)cc(CN2CCC3(CC2)CNCCO3)c1)C[C@H](O)c1ccc(O)c2[nH]c(=O)sc12. The molecule has 10 nitrogen and oxygen atoms in total. The van der Waals surface area contributed by atoms with Gasteiger partial charge in [-0.2, -0.15) is 0 Å². The zero-order valence-corrected chi connectivity index (χ0v) is 25.8. The number of rotatable bonds is 8. The van der Waals surface area contributed by atoms with E-state index in [2.05, 4.69) is 15.2 Å². The highest BCUT2D eigenvalue weighted by Gasteiger charge is 2.37. The van der Waals surface area contributed by atoms with Gasteiger partial charge in [0, 0.05) is 44.8 Å². The number of hydrogen-bond donors (Lipinski definition) is 4. The van der Waals surface area contributed by atoms with E-state index in [0.717, 1.165) is 68.1 Å². The molecule has 3 aromatic rings. The van der Waals surface area contributed by atoms with E-state index in [1.165, 1.54) is 23.1 Å². The zero-order valence-electron chi connectivity index (χ0n) is 25.0. The van der Waals surface area contributed by atoms with Gasteiger partial charge in [-0.05, 0) is 69.4 Å². The molecule has 0 bridgehead atoms. The molecule has 1 amide bonds. The summed E-state index contributed by atoms with van der Waals surface area (Å²) >= 11 is 0.879. The van der Waals surface area contributed by atoms with Crippen LogP contribution < -0.4 is 10.2 Å². The highest BCUT2D eigenvalue weighted by Crippen LogP contribution is 2.32. The van der Waals surface area contributed by atoms with Crippen molar-refractivity contribution >= 4 is 27.6 Å². The average Bonchev–Trinajstić information content (AvgIpc) is 3.34. The van der Waals surface area contributed by atoms with E-state index in [1.807, 2.05) is 6.07 Å². The van der Waals surface area contributed by atoms with Crippen molar-refractivity contribution in [3.63, 3.8) is 0 Å². The molecule has 0 radical (unpaired) electrons. The van der Waals surface area contributed by atoms with Crippen LogP contribution in [0, 0.1) is 5.82 Å². The van der Waals surface area contributed by atoms with Gasteiger partial charge in [-0.3, -0.25) is 9.69 Å². The number of phenols is 1. The Morgan fingerprint density at radius 3 is 2.67 bits per heavy atom. The molecule has 4 N–H and O–H groups in total. The maximum atomic E-state index is 14.7. The Morgan fingerprint density at radius 1 is 1.23 bits per heavy atom. The van der Waals surface area contributed by atoms with Gasteiger partial charge in [0.05, 0.1) is 29.6 Å². The van der Waals surface area contributed by atoms with E-state index in [4.69, 9.17) is 9.47 Å². The Balaban J connectivity index is 1.27. The molecule has 1 atom stereocenters. The summed E-state index contributed by atoms with van der Waals surface area (Å²) in [7, 11) is 0. The topological polar surface area (TPSA) is 127 Å². The predicted molar refractivity (Wildman–Crippen MR) is 163 cm³/mol. The van der Waals surface area contributed by atoms with Crippen molar-refractivity contribution in [1.29, 1.82) is 0 Å². The third-order valence-corrected chi connectivity index (χ3v) is 8.92. The molecular weight excluding hydrogens is 575 g/mol. The molecule has 1 spiro atoms. The van der Waals surface area contributed by atoms with Crippen LogP contribution in [-0.2, 0) is 22.4 Å². The van der Waals surface area contributed by atoms with Gasteiger partial charge in [0.2, 0.25) is 0 Å². The lowest BCUT2D eigenvalue weighted by Gasteiger charge is -2.44. The summed E-state index contributed by atoms with van der Waals surface area (Å²) in [6.45, 7) is 10.2. The van der Waals surface area contributed by atoms with Crippen molar-refractivity contribution in [3.05, 3.63) is 62.5 Å². The fraction of sp³-hybridized carbons (Fsp3) is 0.548. The van der Waals surface area contributed by atoms with Gasteiger partial charge >= 0.3 is 11.0 Å². The number of carbonyl (C=O) groups excluding carboxylic acids is 1. The lowest BCUT2D eigenvalue weighted by Crippen LogP contribution is -2.55. The van der Waals surface area contributed by atoms with Crippen LogP contribution in [0.15, 0.2) is 35.1 Å². The number of halogens is 1. The van der Waals surface area contributed by atoms with Crippen LogP contribution in [0.1, 0.15) is 56.4 Å². The minimum absolute atomic E-state index is 0.0948. The number of aliphatic hydroxyl groups excluding tert-OH is 1. The summed E-state index contributed by atoms with van der Waals surface area (Å²) < 4.78 is 26.9. The van der Waals surface area contributed by atoms with Gasteiger partial charge in [0.1, 0.15) is 22.7 Å². The molecule has 5 rings (SSSR count). The fourth-order valence-electron chi connectivity index (χ4n) is 5.81. The third-order valence-electron chi connectivity index (χ3n) is 7.99. The summed E-state index contributed by atoms with van der Waals surface area (Å²) in [6.07, 6.45) is 0.449. The Bertz CT molecular complexity index is 1490. The molecule has 12 heteroatoms. The van der Waals surface area contributed by atoms with Crippen molar-refractivity contribution in [1.82, 2.24) is 20.1 Å². The Labute approximate surface area is 254 Å². The fourth-order valence-corrected chi connectivity index (χ4v) is 6.73. The molecule has 2 aliphatic rings. The van der Waals surface area contributed by atoms with Crippen molar-refractivity contribution in [3.8, 4) is 5.75 Å². The molecule has 2 fully saturated rings. The van der Waals surface area contributed by atoms with Gasteiger partial charge in [0.25, 0.3) is 0 Å². The van der Waals surface area contributed by atoms with Crippen LogP contribution in [0.25, 0.3) is 10.2 Å². The number of carbonyl (C=O) groups is 1. The Kier molecular flexibility index (Phi) is 9.43. The minimum atomic E-state index is -1.16. The highest BCUT2D eigenvalue weighted by molar-refractivity contribution is 7.16. The number of thiazole rings is 1. The summed E-state index contributed by atoms with van der Waals surface area (Å²) in [5.41, 5.74) is 1.41. The summed E-state index contributed by atoms with van der Waals surface area (Å²) in [5.74, 6) is -0.433. The molecule has 234 valence electrons. The second-order valence-electron chi connectivity index (χ2n) is 12.5. The number of aromatic nitrogens is 1. The number of ether oxygens (including phenoxy) is 2. The summed E-state index contributed by atoms with van der Waals surface area (Å²) in [5, 5.41) is 24.7. The molecule has 1 aromatic heterocycles. The molecule has 0 aliphatic carbocycles. The molecule has 3 heterocycles. The molecular formula is C31H41FN4O6S. The van der Waals surface area contributed by atoms with Gasteiger partial charge in [-0.1, -0.05) is 23.5 Å². The standard InChI is InChI=1S/C31H41FN4O6S/c1-30(2,3)42-29(40)36(18-25(38)23-4-5-24(37)26-27(23)43-28(39)34-26)10-6-20-14-21(16-22(32)15-20)17-35-11-7-31(8-12-35)19-33-9-13-41-31/h4-5,14-16,25,33,37-38H,6-13,17-19H2,1-3H3,(H,34,39)/t25-/m0/s1. The number of likely N-dealkylation sites (tertiary alicyclic amines) is 1. The monoisotopic (exact) mass is 616 g/mol. The maximum Gasteiger partial charge on any atom is 0.410 e. The number of benzene rings is 2. The highest BCUT2D eigenvalue weighted by atomic mass is 32.1. The first-order valence-corrected chi connectivity index (χ1v) is 15.6. The minimum Gasteiger partial charge on any atom is -0.506 e. The number of morpholine rings is 1. The van der Waals surface area contributed by atoms with E-state index in [0.29, 0.717) is 23.2 Å². The van der Waals surface area contributed by atoms with Crippen molar-refractivity contribution in [2.45, 2.75) is 63.9 Å². The average molecular weight is 617 g/mol. The molecule has 0 unspecified atom stereocenters. The van der Waals surface area contributed by atoms with Crippen molar-refractivity contribution in [2.75, 3.05) is 45.9 Å². The molecule has 43 heavy (non-hydrogen) atoms. The van der Waals surface area contributed by atoms with Crippen LogP contribution >= 0.6 is 11.3 Å². The largest absolute Gasteiger partial charge is 0.506 e. The number of aliphatic hydroxyl groups is 1. The van der Waals surface area contributed by atoms with E-state index < -0.39 is 17.8 Å². The lowest BCUT2D eigenvalue weighted by atomic mass is 9.90. The molecule has 2 saturated heterocycles. The first-order chi connectivity index (χ1) is 20.4. The third kappa shape index (κ3) is 7.93. The quantitative estimate of drug-likeness (QED) is 0.300. The number of fused-ring (bicyclic) bond motifs is 1. The van der Waals surface area contributed by atoms with Crippen molar-refractivity contribution < 1.29 is 28.9 Å². The Morgan fingerprint density at radius 2 is 1.98 bits per heavy atom. The number of nitrogens with one attached hydrogen (secondary N) is 2. The summed E-state index contributed by atoms with van der Waals surface area (Å²) in [6, 6.07) is 7.94.